The molecule has 0 spiro atoms. The predicted molar refractivity (Wildman–Crippen MR) is 114 cm³/mol. The molecular formula is C22H25N3O3S. The van der Waals surface area contributed by atoms with Gasteiger partial charge in [-0.1, -0.05) is 35.5 Å². The summed E-state index contributed by atoms with van der Waals surface area (Å²) < 4.78 is 33.8. The maximum Gasteiger partial charge on any atom is 0.243 e. The number of sulfonamides is 1. The second-order valence-electron chi connectivity index (χ2n) is 7.43. The van der Waals surface area contributed by atoms with Crippen LogP contribution in [0.2, 0.25) is 0 Å². The Morgan fingerprint density at radius 1 is 0.931 bits per heavy atom. The minimum absolute atomic E-state index is 0.330. The maximum atomic E-state index is 13.4. The fourth-order valence-corrected chi connectivity index (χ4v) is 5.34. The van der Waals surface area contributed by atoms with Crippen LogP contribution < -0.4 is 4.90 Å². The Labute approximate surface area is 171 Å². The quantitative estimate of drug-likeness (QED) is 0.654. The normalized spacial score (nSPS) is 15.6. The van der Waals surface area contributed by atoms with Crippen molar-refractivity contribution in [2.24, 2.45) is 0 Å². The van der Waals surface area contributed by atoms with Crippen molar-refractivity contribution < 1.29 is 12.9 Å². The van der Waals surface area contributed by atoms with Gasteiger partial charge in [0.1, 0.15) is 0 Å². The molecule has 2 heterocycles. The van der Waals surface area contributed by atoms with Gasteiger partial charge in [0.2, 0.25) is 10.0 Å². The molecule has 4 rings (SSSR count). The number of nitrogens with zero attached hydrogens (tertiary/aromatic N) is 3. The number of aryl methyl sites for hydroxylation is 2. The summed E-state index contributed by atoms with van der Waals surface area (Å²) in [5.74, 6) is 0.618. The lowest BCUT2D eigenvalue weighted by Gasteiger charge is -2.35. The van der Waals surface area contributed by atoms with Crippen molar-refractivity contribution in [3.05, 3.63) is 65.4 Å². The third-order valence-corrected chi connectivity index (χ3v) is 7.63. The molecule has 152 valence electrons. The van der Waals surface area contributed by atoms with Crippen molar-refractivity contribution in [1.82, 2.24) is 9.46 Å². The number of para-hydroxylation sites is 1. The van der Waals surface area contributed by atoms with Gasteiger partial charge in [0.15, 0.2) is 5.76 Å². The number of benzene rings is 2. The van der Waals surface area contributed by atoms with E-state index in [9.17, 15) is 8.42 Å². The highest BCUT2D eigenvalue weighted by atomic mass is 32.2. The first kappa shape index (κ1) is 19.7. The van der Waals surface area contributed by atoms with Crippen LogP contribution in [0.4, 0.5) is 5.69 Å². The highest BCUT2D eigenvalue weighted by Crippen LogP contribution is 2.30. The molecule has 1 aliphatic rings. The summed E-state index contributed by atoms with van der Waals surface area (Å²) in [5, 5.41) is 3.99. The molecule has 1 aliphatic heterocycles. The lowest BCUT2D eigenvalue weighted by Crippen LogP contribution is -2.48. The van der Waals surface area contributed by atoms with E-state index in [1.165, 1.54) is 0 Å². The van der Waals surface area contributed by atoms with Gasteiger partial charge in [-0.25, -0.2) is 8.42 Å². The van der Waals surface area contributed by atoms with Crippen LogP contribution in [0, 0.1) is 20.8 Å². The molecule has 0 aliphatic carbocycles. The fraction of sp³-hybridized carbons (Fsp3) is 0.318. The van der Waals surface area contributed by atoms with E-state index >= 15 is 0 Å². The maximum absolute atomic E-state index is 13.4. The number of anilines is 1. The lowest BCUT2D eigenvalue weighted by molar-refractivity contribution is 0.384. The number of hydrogen-bond donors (Lipinski definition) is 0. The molecule has 0 radical (unpaired) electrons. The molecule has 3 aromatic rings. The third-order valence-electron chi connectivity index (χ3n) is 5.59. The zero-order chi connectivity index (χ0) is 20.6. The van der Waals surface area contributed by atoms with Crippen molar-refractivity contribution >= 4 is 15.7 Å². The van der Waals surface area contributed by atoms with Gasteiger partial charge in [0.25, 0.3) is 0 Å². The van der Waals surface area contributed by atoms with Crippen LogP contribution in [-0.4, -0.2) is 44.1 Å². The molecule has 6 nitrogen and oxygen atoms in total. The molecule has 0 amide bonds. The van der Waals surface area contributed by atoms with Gasteiger partial charge in [-0.05, 0) is 44.5 Å². The molecule has 7 heteroatoms. The fourth-order valence-electron chi connectivity index (χ4n) is 3.67. The summed E-state index contributed by atoms with van der Waals surface area (Å²) in [6.45, 7) is 7.89. The van der Waals surface area contributed by atoms with Gasteiger partial charge >= 0.3 is 0 Å². The lowest BCUT2D eigenvalue weighted by atomic mass is 10.1. The number of piperazine rings is 1. The molecule has 0 N–H and O–H groups in total. The van der Waals surface area contributed by atoms with Gasteiger partial charge in [-0.2, -0.15) is 4.31 Å². The Morgan fingerprint density at radius 2 is 1.62 bits per heavy atom. The van der Waals surface area contributed by atoms with Crippen LogP contribution in [0.1, 0.15) is 16.8 Å². The molecule has 2 aromatic carbocycles. The van der Waals surface area contributed by atoms with Gasteiger partial charge in [0.05, 0.1) is 10.6 Å². The van der Waals surface area contributed by atoms with Gasteiger partial charge in [0, 0.05) is 43.0 Å². The molecular weight excluding hydrogens is 386 g/mol. The highest BCUT2D eigenvalue weighted by molar-refractivity contribution is 7.89. The summed E-state index contributed by atoms with van der Waals surface area (Å²) in [4.78, 5) is 2.55. The first-order valence-electron chi connectivity index (χ1n) is 9.72. The summed E-state index contributed by atoms with van der Waals surface area (Å²) >= 11 is 0. The third kappa shape index (κ3) is 3.68. The smallest absolute Gasteiger partial charge is 0.243 e. The van der Waals surface area contributed by atoms with E-state index in [0.29, 0.717) is 36.8 Å². The second-order valence-corrected chi connectivity index (χ2v) is 9.34. The predicted octanol–water partition coefficient (Wildman–Crippen LogP) is 3.78. The molecule has 29 heavy (non-hydrogen) atoms. The summed E-state index contributed by atoms with van der Waals surface area (Å²) in [5.41, 5.74) is 4.32. The van der Waals surface area contributed by atoms with E-state index in [2.05, 4.69) is 22.2 Å². The minimum atomic E-state index is -3.59. The average Bonchev–Trinajstić information content (AvgIpc) is 3.07. The Morgan fingerprint density at radius 3 is 2.24 bits per heavy atom. The minimum Gasteiger partial charge on any atom is -0.369 e. The number of aromatic nitrogens is 1. The first-order valence-corrected chi connectivity index (χ1v) is 11.2. The Bertz CT molecular complexity index is 1120. The molecule has 1 aromatic heterocycles. The van der Waals surface area contributed by atoms with Gasteiger partial charge < -0.3 is 9.42 Å². The van der Waals surface area contributed by atoms with Crippen molar-refractivity contribution in [3.8, 4) is 11.3 Å². The summed E-state index contributed by atoms with van der Waals surface area (Å²) in [7, 11) is -3.59. The zero-order valence-electron chi connectivity index (χ0n) is 16.9. The van der Waals surface area contributed by atoms with E-state index < -0.39 is 10.0 Å². The van der Waals surface area contributed by atoms with Crippen LogP contribution >= 0.6 is 0 Å². The standard InChI is InChI=1S/C22H25N3O3S/c1-16-9-10-19(22-17(2)18(3)23-28-22)15-21(16)29(26,27)25-13-11-24(12-14-25)20-7-5-4-6-8-20/h4-10,15H,11-14H2,1-3H3. The van der Waals surface area contributed by atoms with Crippen LogP contribution in [-0.2, 0) is 10.0 Å². The van der Waals surface area contributed by atoms with Gasteiger partial charge in [-0.3, -0.25) is 0 Å². The van der Waals surface area contributed by atoms with Gasteiger partial charge in [-0.15, -0.1) is 0 Å². The van der Waals surface area contributed by atoms with Crippen molar-refractivity contribution in [2.75, 3.05) is 31.1 Å². The van der Waals surface area contributed by atoms with Crippen molar-refractivity contribution in [3.63, 3.8) is 0 Å². The van der Waals surface area contributed by atoms with E-state index in [1.54, 1.807) is 10.4 Å². The summed E-state index contributed by atoms with van der Waals surface area (Å²) in [6.07, 6.45) is 0. The first-order chi connectivity index (χ1) is 13.9. The van der Waals surface area contributed by atoms with Crippen LogP contribution in [0.15, 0.2) is 57.9 Å². The second kappa shape index (κ2) is 7.65. The molecule has 0 saturated carbocycles. The molecule has 0 unspecified atom stereocenters. The van der Waals surface area contributed by atoms with Crippen LogP contribution in [0.25, 0.3) is 11.3 Å². The monoisotopic (exact) mass is 411 g/mol. The van der Waals surface area contributed by atoms with Crippen molar-refractivity contribution in [2.45, 2.75) is 25.7 Å². The van der Waals surface area contributed by atoms with E-state index in [0.717, 1.165) is 28.1 Å². The Balaban J connectivity index is 1.59. The van der Waals surface area contributed by atoms with E-state index in [-0.39, 0.29) is 0 Å². The number of hydrogen-bond acceptors (Lipinski definition) is 5. The molecule has 0 bridgehead atoms. The van der Waals surface area contributed by atoms with Crippen LogP contribution in [0.3, 0.4) is 0 Å². The summed E-state index contributed by atoms with van der Waals surface area (Å²) in [6, 6.07) is 15.5. The van der Waals surface area contributed by atoms with Crippen molar-refractivity contribution in [1.29, 1.82) is 0 Å². The highest BCUT2D eigenvalue weighted by Gasteiger charge is 2.30. The molecule has 0 atom stereocenters. The zero-order valence-corrected chi connectivity index (χ0v) is 17.7. The largest absolute Gasteiger partial charge is 0.369 e. The van der Waals surface area contributed by atoms with E-state index in [1.807, 2.05) is 51.1 Å². The molecule has 1 saturated heterocycles. The Kier molecular flexibility index (Phi) is 5.19. The van der Waals surface area contributed by atoms with Crippen LogP contribution in [0.5, 0.6) is 0 Å². The topological polar surface area (TPSA) is 66.7 Å². The SMILES string of the molecule is Cc1ccc(-c2onc(C)c2C)cc1S(=O)(=O)N1CCN(c2ccccc2)CC1. The number of rotatable bonds is 4. The van der Waals surface area contributed by atoms with E-state index in [4.69, 9.17) is 4.52 Å². The Hall–Kier alpha value is -2.64. The average molecular weight is 412 g/mol. The molecule has 1 fully saturated rings.